The number of carbonyl (C=O) groups is 6. The quantitative estimate of drug-likeness (QED) is 0.0596. The van der Waals surface area contributed by atoms with Crippen molar-refractivity contribution < 1.29 is 43.3 Å². The number of rotatable bonds is 14. The number of nitrogens with one attached hydrogen (secondary N) is 3. The lowest BCUT2D eigenvalue weighted by Gasteiger charge is -2.24. The van der Waals surface area contributed by atoms with E-state index in [2.05, 4.69) is 71.2 Å². The summed E-state index contributed by atoms with van der Waals surface area (Å²) < 4.78 is 14.0. The van der Waals surface area contributed by atoms with Crippen LogP contribution >= 0.6 is 0 Å². The molecule has 0 fully saturated rings. The summed E-state index contributed by atoms with van der Waals surface area (Å²) in [5.74, 6) is -1.78. The summed E-state index contributed by atoms with van der Waals surface area (Å²) in [5.41, 5.74) is 18.4. The zero-order valence-corrected chi connectivity index (χ0v) is 49.0. The fourth-order valence-corrected chi connectivity index (χ4v) is 8.13. The maximum absolute atomic E-state index is 13.4. The molecule has 0 saturated carbocycles. The largest absolute Gasteiger partial charge is 0.494 e. The van der Waals surface area contributed by atoms with Crippen LogP contribution in [-0.4, -0.2) is 104 Å². The summed E-state index contributed by atoms with van der Waals surface area (Å²) in [6.07, 6.45) is 3.36. The van der Waals surface area contributed by atoms with Gasteiger partial charge in [-0.15, -0.1) is 10.2 Å². The number of carboxylic acid groups (broad SMARTS) is 1. The van der Waals surface area contributed by atoms with Crippen LogP contribution in [0.3, 0.4) is 0 Å². The number of ether oxygens (including phenoxy) is 2. The van der Waals surface area contributed by atoms with Gasteiger partial charge in [0.25, 0.3) is 17.7 Å². The Hall–Kier alpha value is -8.46. The summed E-state index contributed by atoms with van der Waals surface area (Å²) in [6, 6.07) is 17.8. The lowest BCUT2D eigenvalue weighted by Crippen LogP contribution is -2.32. The van der Waals surface area contributed by atoms with Gasteiger partial charge in [-0.25, -0.2) is 14.2 Å². The second-order valence-electron chi connectivity index (χ2n) is 23.8. The summed E-state index contributed by atoms with van der Waals surface area (Å²) >= 11 is 0. The second kappa shape index (κ2) is 25.1. The molecule has 0 radical (unpaired) electrons. The molecule has 80 heavy (non-hydrogen) atoms. The molecule has 0 unspecified atom stereocenters. The summed E-state index contributed by atoms with van der Waals surface area (Å²) in [6.45, 7) is 29.8. The van der Waals surface area contributed by atoms with Crippen LogP contribution < -0.4 is 41.8 Å². The Balaban J connectivity index is 0.000000268. The first-order valence-corrected chi connectivity index (χ1v) is 26.1. The van der Waals surface area contributed by atoms with Gasteiger partial charge in [0.05, 0.1) is 55.1 Å². The van der Waals surface area contributed by atoms with E-state index in [1.54, 1.807) is 54.4 Å². The first kappa shape index (κ1) is 62.4. The van der Waals surface area contributed by atoms with E-state index >= 15 is 0 Å². The number of aromatic nitrogens is 6. The smallest absolute Gasteiger partial charge is 0.358 e. The van der Waals surface area contributed by atoms with Gasteiger partial charge in [0.2, 0.25) is 11.8 Å². The first-order chi connectivity index (χ1) is 37.2. The maximum Gasteiger partial charge on any atom is 0.358 e. The fraction of sp³-hybridized carbons (Fsp3) is 0.424. The van der Waals surface area contributed by atoms with Gasteiger partial charge in [-0.05, 0) is 107 Å². The lowest BCUT2D eigenvalue weighted by molar-refractivity contribution is -0.118. The average molecular weight is 1100 g/mol. The van der Waals surface area contributed by atoms with Crippen molar-refractivity contribution >= 4 is 52.6 Å². The number of carboxylic acids is 1. The zero-order chi connectivity index (χ0) is 59.8. The molecule has 428 valence electrons. The normalized spacial score (nSPS) is 12.7. The number of fused-ring (bicyclic) bond motifs is 1. The number of amides is 5. The second-order valence-corrected chi connectivity index (χ2v) is 23.8. The maximum atomic E-state index is 13.4. The van der Waals surface area contributed by atoms with E-state index in [1.807, 2.05) is 79.7 Å². The number of nitrogens with two attached hydrogens (primary N) is 2. The van der Waals surface area contributed by atoms with E-state index in [0.29, 0.717) is 70.3 Å². The molecule has 1 aliphatic heterocycles. The monoisotopic (exact) mass is 1100 g/mol. The fourth-order valence-electron chi connectivity index (χ4n) is 8.13. The van der Waals surface area contributed by atoms with Crippen LogP contribution in [0.15, 0.2) is 73.1 Å². The highest BCUT2D eigenvalue weighted by Crippen LogP contribution is 2.45. The van der Waals surface area contributed by atoms with Crippen LogP contribution in [0.4, 0.5) is 17.1 Å². The number of methoxy groups -OCH3 is 2. The third kappa shape index (κ3) is 16.1. The number of nitrogens with zero attached hydrogens (tertiary/aromatic N) is 7. The molecule has 0 atom stereocenters. The van der Waals surface area contributed by atoms with Crippen molar-refractivity contribution in [1.29, 1.82) is 0 Å². The summed E-state index contributed by atoms with van der Waals surface area (Å²) in [7, 11) is 3.03. The van der Waals surface area contributed by atoms with Crippen LogP contribution in [0.2, 0.25) is 0 Å². The molecule has 7 rings (SSSR count). The topological polar surface area (TPSA) is 294 Å². The molecule has 0 spiro atoms. The Morgan fingerprint density at radius 3 is 1.68 bits per heavy atom. The molecule has 6 aromatic rings. The molecule has 0 saturated heterocycles. The SMILES string of the molecule is CC(C)(C)CN.COc1c(CCC(N)=O)cc(C(C)(C)C)cc1NC(=O)c1ccc(C)c(-n2cc(C(=O)O)nn2)c1.COc1cc2c(cc1NC(=O)c1ccc(C)c(-n3cc(C(=O)NCC(C)(C)C)nn3)c1)C(C)(C)CN2C(C)=O. The number of carbonyl (C=O) groups excluding carboxylic acids is 5. The van der Waals surface area contributed by atoms with Gasteiger partial charge < -0.3 is 46.9 Å². The molecular formula is C59H78N12O9. The highest BCUT2D eigenvalue weighted by molar-refractivity contribution is 6.07. The van der Waals surface area contributed by atoms with Crippen molar-refractivity contribution in [2.24, 2.45) is 22.3 Å². The van der Waals surface area contributed by atoms with Crippen LogP contribution in [0.5, 0.6) is 11.5 Å². The molecular weight excluding hydrogens is 1020 g/mol. The van der Waals surface area contributed by atoms with E-state index in [9.17, 15) is 28.8 Å². The Bertz CT molecular complexity index is 3280. The standard InChI is InChI=1S/C29H36N6O4.C25H29N5O5.C5H13N/c1-17-9-10-19(11-23(17)35-14-22(32-33-35)27(38)30-15-28(3,4)5)26(37)31-21-12-20-24(13-25(21)39-8)34(18(2)36)16-29(20,6)7;1-14-6-7-16(11-20(14)30-13-19(24(33)34)28-29-30)23(32)27-18-12-17(25(2,3)4)10-15(22(18)35-5)8-9-21(26)31;1-5(2,3)4-6/h9-14H,15-16H2,1-8H3,(H,30,38)(H,31,37);6-7,10-13H,8-9H2,1-5H3,(H2,26,31)(H,27,32)(H,33,34);4,6H2,1-3H3. The van der Waals surface area contributed by atoms with Crippen molar-refractivity contribution in [3.8, 4) is 22.9 Å². The van der Waals surface area contributed by atoms with Crippen molar-refractivity contribution in [2.75, 3.05) is 49.4 Å². The highest BCUT2D eigenvalue weighted by Gasteiger charge is 2.38. The van der Waals surface area contributed by atoms with Crippen molar-refractivity contribution in [2.45, 2.75) is 121 Å². The Kier molecular flexibility index (Phi) is 19.6. The number of primary amides is 1. The minimum Gasteiger partial charge on any atom is -0.494 e. The Labute approximate surface area is 468 Å². The van der Waals surface area contributed by atoms with Crippen molar-refractivity contribution in [3.63, 3.8) is 0 Å². The third-order valence-electron chi connectivity index (χ3n) is 12.9. The average Bonchev–Trinajstić information content (AvgIpc) is 4.13. The van der Waals surface area contributed by atoms with E-state index < -0.39 is 17.8 Å². The molecule has 4 aromatic carbocycles. The lowest BCUT2D eigenvalue weighted by atomic mass is 9.85. The molecule has 0 bridgehead atoms. The number of benzene rings is 4. The van der Waals surface area contributed by atoms with Crippen LogP contribution in [0.25, 0.3) is 11.4 Å². The number of aromatic carboxylic acids is 1. The van der Waals surface area contributed by atoms with Gasteiger partial charge in [-0.3, -0.25) is 24.0 Å². The predicted molar refractivity (Wildman–Crippen MR) is 309 cm³/mol. The summed E-state index contributed by atoms with van der Waals surface area (Å²) in [4.78, 5) is 75.6. The van der Waals surface area contributed by atoms with Crippen molar-refractivity contribution in [3.05, 3.63) is 123 Å². The Morgan fingerprint density at radius 2 is 1.23 bits per heavy atom. The van der Waals surface area contributed by atoms with Crippen molar-refractivity contribution in [1.82, 2.24) is 35.3 Å². The van der Waals surface area contributed by atoms with Gasteiger partial charge in [-0.2, -0.15) is 0 Å². The number of anilines is 3. The molecule has 1 aliphatic rings. The molecule has 21 nitrogen and oxygen atoms in total. The van der Waals surface area contributed by atoms with Crippen LogP contribution in [0, 0.1) is 24.7 Å². The van der Waals surface area contributed by atoms with Gasteiger partial charge in [0, 0.05) is 49.0 Å². The van der Waals surface area contributed by atoms with E-state index in [0.717, 1.165) is 40.0 Å². The molecule has 5 amide bonds. The molecule has 3 heterocycles. The zero-order valence-electron chi connectivity index (χ0n) is 49.0. The van der Waals surface area contributed by atoms with Gasteiger partial charge in [0.15, 0.2) is 11.4 Å². The minimum atomic E-state index is -1.19. The predicted octanol–water partition coefficient (Wildman–Crippen LogP) is 8.50. The first-order valence-electron chi connectivity index (χ1n) is 26.1. The van der Waals surface area contributed by atoms with Crippen LogP contribution in [0.1, 0.15) is 159 Å². The molecule has 2 aromatic heterocycles. The van der Waals surface area contributed by atoms with Gasteiger partial charge in [0.1, 0.15) is 11.5 Å². The minimum absolute atomic E-state index is 0.0456. The third-order valence-corrected chi connectivity index (χ3v) is 12.9. The molecule has 8 N–H and O–H groups in total. The van der Waals surface area contributed by atoms with E-state index in [1.165, 1.54) is 29.8 Å². The highest BCUT2D eigenvalue weighted by atomic mass is 16.5. The van der Waals surface area contributed by atoms with Crippen LogP contribution in [-0.2, 0) is 26.8 Å². The van der Waals surface area contributed by atoms with E-state index in [4.69, 9.17) is 26.0 Å². The number of hydrogen-bond donors (Lipinski definition) is 6. The Morgan fingerprint density at radius 1 is 0.700 bits per heavy atom. The summed E-state index contributed by atoms with van der Waals surface area (Å²) in [5, 5.41) is 33.5. The van der Waals surface area contributed by atoms with Gasteiger partial charge in [-0.1, -0.05) is 105 Å². The number of aryl methyl sites for hydroxylation is 3. The molecule has 0 aliphatic carbocycles. The van der Waals surface area contributed by atoms with Gasteiger partial charge >= 0.3 is 5.97 Å². The number of hydrogen-bond acceptors (Lipinski definition) is 13. The van der Waals surface area contributed by atoms with E-state index in [-0.39, 0.29) is 51.8 Å². The molecule has 21 heteroatoms.